The van der Waals surface area contributed by atoms with Crippen LogP contribution in [0.5, 0.6) is 0 Å². The lowest BCUT2D eigenvalue weighted by Gasteiger charge is -2.50. The summed E-state index contributed by atoms with van der Waals surface area (Å²) >= 11 is 0. The zero-order valence-corrected chi connectivity index (χ0v) is 12.3. The summed E-state index contributed by atoms with van der Waals surface area (Å²) in [5, 5.41) is 11.1. The van der Waals surface area contributed by atoms with Gasteiger partial charge in [-0.3, -0.25) is 0 Å². The zero-order chi connectivity index (χ0) is 13.1. The molecule has 1 aliphatic rings. The van der Waals surface area contributed by atoms with Crippen LogP contribution in [0.2, 0.25) is 0 Å². The molecule has 0 saturated heterocycles. The van der Waals surface area contributed by atoms with Crippen molar-refractivity contribution in [1.82, 2.24) is 0 Å². The predicted molar refractivity (Wildman–Crippen MR) is 72.0 cm³/mol. The normalized spacial score (nSPS) is 32.5. The van der Waals surface area contributed by atoms with Crippen molar-refractivity contribution in [2.45, 2.75) is 65.4 Å². The van der Waals surface area contributed by atoms with Gasteiger partial charge in [0.1, 0.15) is 0 Å². The summed E-state index contributed by atoms with van der Waals surface area (Å²) in [6, 6.07) is 0. The summed E-state index contributed by atoms with van der Waals surface area (Å²) in [6.07, 6.45) is 5.51. The topological polar surface area (TPSA) is 29.5 Å². The van der Waals surface area contributed by atoms with Crippen molar-refractivity contribution >= 4 is 0 Å². The van der Waals surface area contributed by atoms with Gasteiger partial charge in [0.25, 0.3) is 0 Å². The molecular weight excluding hydrogens is 212 g/mol. The standard InChI is InChI=1S/C15H30O2/c1-12(9-11-17-5)15(16)10-7-6-8-13(15)14(2,3)4/h12-13,16H,6-11H2,1-5H3. The van der Waals surface area contributed by atoms with Gasteiger partial charge < -0.3 is 9.84 Å². The van der Waals surface area contributed by atoms with E-state index in [1.165, 1.54) is 12.8 Å². The van der Waals surface area contributed by atoms with Gasteiger partial charge in [-0.15, -0.1) is 0 Å². The van der Waals surface area contributed by atoms with E-state index >= 15 is 0 Å². The van der Waals surface area contributed by atoms with Crippen LogP contribution in [0, 0.1) is 17.3 Å². The lowest BCUT2D eigenvalue weighted by Crippen LogP contribution is -2.51. The van der Waals surface area contributed by atoms with Gasteiger partial charge in [0.2, 0.25) is 0 Å². The van der Waals surface area contributed by atoms with Gasteiger partial charge in [-0.1, -0.05) is 40.5 Å². The van der Waals surface area contributed by atoms with Gasteiger partial charge in [-0.25, -0.2) is 0 Å². The second-order valence-electron chi connectivity index (χ2n) is 6.84. The van der Waals surface area contributed by atoms with Crippen LogP contribution in [-0.2, 0) is 4.74 Å². The van der Waals surface area contributed by atoms with Gasteiger partial charge in [-0.05, 0) is 36.5 Å². The fourth-order valence-corrected chi connectivity index (χ4v) is 3.50. The first kappa shape index (κ1) is 15.0. The van der Waals surface area contributed by atoms with Crippen molar-refractivity contribution < 1.29 is 9.84 Å². The minimum absolute atomic E-state index is 0.191. The van der Waals surface area contributed by atoms with Crippen LogP contribution in [0.3, 0.4) is 0 Å². The van der Waals surface area contributed by atoms with Gasteiger partial charge in [0.15, 0.2) is 0 Å². The number of hydrogen-bond acceptors (Lipinski definition) is 2. The lowest BCUT2D eigenvalue weighted by molar-refractivity contribution is -0.129. The van der Waals surface area contributed by atoms with Crippen molar-refractivity contribution in [2.24, 2.45) is 17.3 Å². The Kier molecular flexibility index (Phi) is 5.03. The number of hydrogen-bond donors (Lipinski definition) is 1. The highest BCUT2D eigenvalue weighted by molar-refractivity contribution is 4.98. The average Bonchev–Trinajstić information content (AvgIpc) is 2.24. The van der Waals surface area contributed by atoms with Crippen molar-refractivity contribution in [3.63, 3.8) is 0 Å². The fourth-order valence-electron chi connectivity index (χ4n) is 3.50. The molecular formula is C15H30O2. The Morgan fingerprint density at radius 3 is 2.53 bits per heavy atom. The van der Waals surface area contributed by atoms with E-state index in [1.54, 1.807) is 7.11 Å². The van der Waals surface area contributed by atoms with Crippen molar-refractivity contribution in [2.75, 3.05) is 13.7 Å². The molecule has 1 fully saturated rings. The largest absolute Gasteiger partial charge is 0.389 e. The van der Waals surface area contributed by atoms with Crippen LogP contribution in [0.1, 0.15) is 59.8 Å². The Morgan fingerprint density at radius 1 is 1.35 bits per heavy atom. The first-order valence-corrected chi connectivity index (χ1v) is 7.03. The maximum atomic E-state index is 11.1. The van der Waals surface area contributed by atoms with E-state index in [1.807, 2.05) is 0 Å². The van der Waals surface area contributed by atoms with Crippen LogP contribution in [0.15, 0.2) is 0 Å². The Balaban J connectivity index is 2.80. The molecule has 0 radical (unpaired) electrons. The molecule has 1 aliphatic carbocycles. The van der Waals surface area contributed by atoms with E-state index in [0.29, 0.717) is 11.8 Å². The van der Waals surface area contributed by atoms with Crippen molar-refractivity contribution in [1.29, 1.82) is 0 Å². The Labute approximate surface area is 107 Å². The van der Waals surface area contributed by atoms with E-state index in [9.17, 15) is 5.11 Å². The molecule has 0 bridgehead atoms. The number of ether oxygens (including phenoxy) is 1. The van der Waals surface area contributed by atoms with Crippen LogP contribution < -0.4 is 0 Å². The van der Waals surface area contributed by atoms with Crippen molar-refractivity contribution in [3.8, 4) is 0 Å². The third kappa shape index (κ3) is 3.45. The predicted octanol–water partition coefficient (Wildman–Crippen LogP) is 3.63. The number of rotatable bonds is 4. The molecule has 2 heteroatoms. The molecule has 17 heavy (non-hydrogen) atoms. The van der Waals surface area contributed by atoms with E-state index in [4.69, 9.17) is 4.74 Å². The second-order valence-corrected chi connectivity index (χ2v) is 6.84. The Bertz CT molecular complexity index is 232. The zero-order valence-electron chi connectivity index (χ0n) is 12.3. The van der Waals surface area contributed by atoms with Crippen LogP contribution >= 0.6 is 0 Å². The molecule has 1 N–H and O–H groups in total. The highest BCUT2D eigenvalue weighted by atomic mass is 16.5. The summed E-state index contributed by atoms with van der Waals surface area (Å²) in [4.78, 5) is 0. The lowest BCUT2D eigenvalue weighted by atomic mass is 9.59. The molecule has 3 atom stereocenters. The smallest absolute Gasteiger partial charge is 0.0707 e. The molecule has 1 rings (SSSR count). The van der Waals surface area contributed by atoms with Gasteiger partial charge in [0.05, 0.1) is 5.60 Å². The minimum atomic E-state index is -0.491. The maximum Gasteiger partial charge on any atom is 0.0707 e. The number of aliphatic hydroxyl groups is 1. The molecule has 3 unspecified atom stereocenters. The summed E-state index contributed by atoms with van der Waals surface area (Å²) < 4.78 is 5.16. The van der Waals surface area contributed by atoms with E-state index < -0.39 is 5.60 Å². The van der Waals surface area contributed by atoms with Gasteiger partial charge >= 0.3 is 0 Å². The van der Waals surface area contributed by atoms with E-state index in [-0.39, 0.29) is 5.41 Å². The second kappa shape index (κ2) is 5.71. The molecule has 102 valence electrons. The maximum absolute atomic E-state index is 11.1. The molecule has 0 heterocycles. The highest BCUT2D eigenvalue weighted by Gasteiger charge is 2.47. The molecule has 0 aromatic heterocycles. The molecule has 0 aliphatic heterocycles. The monoisotopic (exact) mass is 242 g/mol. The van der Waals surface area contributed by atoms with Crippen LogP contribution in [-0.4, -0.2) is 24.4 Å². The summed E-state index contributed by atoms with van der Waals surface area (Å²) in [5.74, 6) is 0.739. The number of methoxy groups -OCH3 is 1. The molecule has 2 nitrogen and oxygen atoms in total. The van der Waals surface area contributed by atoms with Gasteiger partial charge in [0, 0.05) is 13.7 Å². The average molecular weight is 242 g/mol. The third-order valence-electron chi connectivity index (χ3n) is 4.58. The first-order chi connectivity index (χ1) is 7.82. The van der Waals surface area contributed by atoms with Gasteiger partial charge in [-0.2, -0.15) is 0 Å². The third-order valence-corrected chi connectivity index (χ3v) is 4.58. The SMILES string of the molecule is COCCC(C)C1(O)CCCCC1C(C)(C)C. The molecule has 0 aromatic carbocycles. The minimum Gasteiger partial charge on any atom is -0.389 e. The molecule has 0 spiro atoms. The fraction of sp³-hybridized carbons (Fsp3) is 1.00. The van der Waals surface area contributed by atoms with Crippen LogP contribution in [0.4, 0.5) is 0 Å². The Hall–Kier alpha value is -0.0800. The molecule has 0 amide bonds. The summed E-state index contributed by atoms with van der Waals surface area (Å²) in [5.41, 5.74) is -0.300. The van der Waals surface area contributed by atoms with E-state index in [2.05, 4.69) is 27.7 Å². The van der Waals surface area contributed by atoms with E-state index in [0.717, 1.165) is 25.9 Å². The Morgan fingerprint density at radius 2 is 2.00 bits per heavy atom. The highest BCUT2D eigenvalue weighted by Crippen LogP contribution is 2.48. The van der Waals surface area contributed by atoms with Crippen LogP contribution in [0.25, 0.3) is 0 Å². The molecule has 1 saturated carbocycles. The molecule has 0 aromatic rings. The summed E-state index contributed by atoms with van der Waals surface area (Å²) in [7, 11) is 1.73. The van der Waals surface area contributed by atoms with Crippen molar-refractivity contribution in [3.05, 3.63) is 0 Å². The first-order valence-electron chi connectivity index (χ1n) is 7.03. The quantitative estimate of drug-likeness (QED) is 0.816. The summed E-state index contributed by atoms with van der Waals surface area (Å²) in [6.45, 7) is 9.72.